The molecule has 0 unspecified atom stereocenters. The molecule has 0 bridgehead atoms. The normalized spacial score (nSPS) is 11.9. The number of benzene rings is 1. The molecule has 98 valence electrons. The van der Waals surface area contributed by atoms with Crippen molar-refractivity contribution in [2.45, 2.75) is 6.92 Å². The minimum absolute atomic E-state index is 0.546. The molecule has 2 N–H and O–H groups in total. The first-order valence-electron chi connectivity index (χ1n) is 6.05. The van der Waals surface area contributed by atoms with Crippen molar-refractivity contribution in [3.05, 3.63) is 34.7 Å². The van der Waals surface area contributed by atoms with Crippen molar-refractivity contribution in [2.24, 2.45) is 5.73 Å². The van der Waals surface area contributed by atoms with Crippen LogP contribution in [0.1, 0.15) is 5.01 Å². The molecule has 3 nitrogen and oxygen atoms in total. The van der Waals surface area contributed by atoms with Gasteiger partial charge < -0.3 is 10.5 Å². The summed E-state index contributed by atoms with van der Waals surface area (Å²) in [5.74, 6) is 0.925. The Labute approximate surface area is 119 Å². The summed E-state index contributed by atoms with van der Waals surface area (Å²) >= 11 is 3.42. The Kier molecular flexibility index (Phi) is 3.50. The van der Waals surface area contributed by atoms with Crippen LogP contribution in [0.15, 0.2) is 29.7 Å². The van der Waals surface area contributed by atoms with Crippen LogP contribution in [0.3, 0.4) is 0 Å². The van der Waals surface area contributed by atoms with E-state index in [-0.39, 0.29) is 0 Å². The summed E-state index contributed by atoms with van der Waals surface area (Å²) in [7, 11) is 0. The van der Waals surface area contributed by atoms with E-state index in [0.29, 0.717) is 13.2 Å². The Hall–Kier alpha value is -1.43. The molecule has 0 amide bonds. The molecule has 3 rings (SSSR count). The van der Waals surface area contributed by atoms with Crippen molar-refractivity contribution in [2.75, 3.05) is 13.2 Å². The summed E-state index contributed by atoms with van der Waals surface area (Å²) in [6.45, 7) is 3.13. The van der Waals surface area contributed by atoms with Gasteiger partial charge in [-0.15, -0.1) is 22.7 Å². The average Bonchev–Trinajstić information content (AvgIpc) is 2.99. The van der Waals surface area contributed by atoms with E-state index >= 15 is 0 Å². The van der Waals surface area contributed by atoms with E-state index in [0.717, 1.165) is 21.7 Å². The molecule has 5 heteroatoms. The standard InChI is InChI=1S/C14H14N2OS2/c1-9-16-13-12(19-9)8-11(17-6-3-2-5-15)10-4-7-18-14(10)13/h2-4,7-8H,5-6,15H2,1H3. The molecule has 0 fully saturated rings. The van der Waals surface area contributed by atoms with Gasteiger partial charge in [0.2, 0.25) is 0 Å². The van der Waals surface area contributed by atoms with E-state index in [1.165, 1.54) is 9.40 Å². The van der Waals surface area contributed by atoms with Gasteiger partial charge in [0, 0.05) is 18.0 Å². The lowest BCUT2D eigenvalue weighted by atomic mass is 10.2. The van der Waals surface area contributed by atoms with Crippen LogP contribution in [-0.2, 0) is 0 Å². The second-order valence-electron chi connectivity index (χ2n) is 4.14. The van der Waals surface area contributed by atoms with E-state index in [9.17, 15) is 0 Å². The largest absolute Gasteiger partial charge is 0.489 e. The maximum atomic E-state index is 5.84. The van der Waals surface area contributed by atoms with Crippen molar-refractivity contribution in [3.63, 3.8) is 0 Å². The zero-order valence-corrected chi connectivity index (χ0v) is 12.2. The number of nitrogens with zero attached hydrogens (tertiary/aromatic N) is 1. The lowest BCUT2D eigenvalue weighted by Crippen LogP contribution is -1.97. The molecule has 0 aliphatic carbocycles. The highest BCUT2D eigenvalue weighted by Crippen LogP contribution is 2.38. The van der Waals surface area contributed by atoms with Gasteiger partial charge in [0.1, 0.15) is 12.4 Å². The minimum atomic E-state index is 0.546. The molecule has 0 atom stereocenters. The minimum Gasteiger partial charge on any atom is -0.489 e. The van der Waals surface area contributed by atoms with Gasteiger partial charge >= 0.3 is 0 Å². The SMILES string of the molecule is Cc1nc2c(cc(OCC=CCN)c3ccsc32)s1. The number of aromatic nitrogens is 1. The number of fused-ring (bicyclic) bond motifs is 3. The Morgan fingerprint density at radius 3 is 3.16 bits per heavy atom. The van der Waals surface area contributed by atoms with Crippen LogP contribution in [0.25, 0.3) is 20.3 Å². The van der Waals surface area contributed by atoms with Crippen LogP contribution in [-0.4, -0.2) is 18.1 Å². The van der Waals surface area contributed by atoms with Gasteiger partial charge in [0.05, 0.1) is 19.9 Å². The van der Waals surface area contributed by atoms with Crippen molar-refractivity contribution in [3.8, 4) is 5.75 Å². The van der Waals surface area contributed by atoms with Gasteiger partial charge in [-0.1, -0.05) is 12.2 Å². The molecular weight excluding hydrogens is 276 g/mol. The molecule has 0 radical (unpaired) electrons. The van der Waals surface area contributed by atoms with Crippen molar-refractivity contribution in [1.82, 2.24) is 4.98 Å². The highest BCUT2D eigenvalue weighted by atomic mass is 32.1. The number of ether oxygens (including phenoxy) is 1. The zero-order chi connectivity index (χ0) is 13.2. The molecule has 3 aromatic rings. The third-order valence-corrected chi connectivity index (χ3v) is 4.65. The van der Waals surface area contributed by atoms with Gasteiger partial charge in [-0.25, -0.2) is 4.98 Å². The van der Waals surface area contributed by atoms with Crippen molar-refractivity contribution < 1.29 is 4.74 Å². The lowest BCUT2D eigenvalue weighted by Gasteiger charge is -2.05. The van der Waals surface area contributed by atoms with Crippen molar-refractivity contribution >= 4 is 43.0 Å². The fourth-order valence-electron chi connectivity index (χ4n) is 2.01. The Morgan fingerprint density at radius 2 is 2.32 bits per heavy atom. The fourth-order valence-corrected chi connectivity index (χ4v) is 3.84. The van der Waals surface area contributed by atoms with Gasteiger partial charge in [0.25, 0.3) is 0 Å². The second kappa shape index (κ2) is 5.28. The van der Waals surface area contributed by atoms with Gasteiger partial charge in [0.15, 0.2) is 0 Å². The summed E-state index contributed by atoms with van der Waals surface area (Å²) in [5, 5.41) is 4.32. The molecule has 2 heterocycles. The molecule has 19 heavy (non-hydrogen) atoms. The maximum absolute atomic E-state index is 5.84. The van der Waals surface area contributed by atoms with Crippen LogP contribution in [0.5, 0.6) is 5.75 Å². The van der Waals surface area contributed by atoms with Crippen LogP contribution in [0, 0.1) is 6.92 Å². The molecule has 1 aromatic carbocycles. The number of hydrogen-bond donors (Lipinski definition) is 1. The predicted molar refractivity (Wildman–Crippen MR) is 83.4 cm³/mol. The van der Waals surface area contributed by atoms with Gasteiger partial charge in [-0.3, -0.25) is 0 Å². The molecule has 2 aromatic heterocycles. The Bertz CT molecular complexity index is 742. The highest BCUT2D eigenvalue weighted by Gasteiger charge is 2.11. The van der Waals surface area contributed by atoms with E-state index in [4.69, 9.17) is 10.5 Å². The Balaban J connectivity index is 2.05. The fraction of sp³-hybridized carbons (Fsp3) is 0.214. The third-order valence-electron chi connectivity index (χ3n) is 2.81. The number of thiazole rings is 1. The first-order chi connectivity index (χ1) is 9.29. The second-order valence-corrected chi connectivity index (χ2v) is 6.29. The molecular formula is C14H14N2OS2. The highest BCUT2D eigenvalue weighted by molar-refractivity contribution is 7.21. The predicted octanol–water partition coefficient (Wildman–Crippen LogP) is 3.71. The van der Waals surface area contributed by atoms with Crippen LogP contribution >= 0.6 is 22.7 Å². The maximum Gasteiger partial charge on any atom is 0.130 e. The third kappa shape index (κ3) is 2.36. The smallest absolute Gasteiger partial charge is 0.130 e. The summed E-state index contributed by atoms with van der Waals surface area (Å²) < 4.78 is 8.23. The summed E-state index contributed by atoms with van der Waals surface area (Å²) in [4.78, 5) is 4.61. The van der Waals surface area contributed by atoms with Crippen molar-refractivity contribution in [1.29, 1.82) is 0 Å². The first-order valence-corrected chi connectivity index (χ1v) is 7.74. The number of hydrogen-bond acceptors (Lipinski definition) is 5. The van der Waals surface area contributed by atoms with E-state index in [2.05, 4.69) is 22.5 Å². The summed E-state index contributed by atoms with van der Waals surface area (Å²) in [6.07, 6.45) is 3.85. The molecule has 0 spiro atoms. The number of rotatable bonds is 4. The van der Waals surface area contributed by atoms with Gasteiger partial charge in [-0.2, -0.15) is 0 Å². The van der Waals surface area contributed by atoms with E-state index < -0.39 is 0 Å². The molecule has 0 saturated heterocycles. The number of aryl methyl sites for hydroxylation is 1. The zero-order valence-electron chi connectivity index (χ0n) is 10.6. The topological polar surface area (TPSA) is 48.1 Å². The number of nitrogens with two attached hydrogens (primary N) is 1. The summed E-state index contributed by atoms with van der Waals surface area (Å²) in [5.41, 5.74) is 6.51. The van der Waals surface area contributed by atoms with E-state index in [1.807, 2.05) is 19.1 Å². The van der Waals surface area contributed by atoms with Crippen LogP contribution in [0.4, 0.5) is 0 Å². The molecule has 0 aliphatic heterocycles. The summed E-state index contributed by atoms with van der Waals surface area (Å²) in [6, 6.07) is 4.18. The average molecular weight is 290 g/mol. The quantitative estimate of drug-likeness (QED) is 0.745. The molecule has 0 aliphatic rings. The first kappa shape index (κ1) is 12.6. The van der Waals surface area contributed by atoms with Crippen LogP contribution in [0.2, 0.25) is 0 Å². The van der Waals surface area contributed by atoms with Gasteiger partial charge in [-0.05, 0) is 18.4 Å². The van der Waals surface area contributed by atoms with Crippen LogP contribution < -0.4 is 10.5 Å². The lowest BCUT2D eigenvalue weighted by molar-refractivity contribution is 0.367. The monoisotopic (exact) mass is 290 g/mol. The molecule has 0 saturated carbocycles. The Morgan fingerprint density at radius 1 is 1.42 bits per heavy atom. The van der Waals surface area contributed by atoms with E-state index in [1.54, 1.807) is 22.7 Å². The number of thiophene rings is 1.